The summed E-state index contributed by atoms with van der Waals surface area (Å²) in [6.07, 6.45) is 1.05. The molecule has 0 aliphatic carbocycles. The molecule has 1 amide bonds. The van der Waals surface area contributed by atoms with Gasteiger partial charge in [-0.05, 0) is 42.7 Å². The number of hydrazine groups is 1. The molecule has 0 spiro atoms. The number of hydrogen-bond donors (Lipinski definition) is 1. The molecular formula is C24H34N2O5. The molecule has 1 atom stereocenters. The van der Waals surface area contributed by atoms with Crippen LogP contribution >= 0.6 is 0 Å². The van der Waals surface area contributed by atoms with E-state index < -0.39 is 18.4 Å². The van der Waals surface area contributed by atoms with E-state index >= 15 is 0 Å². The van der Waals surface area contributed by atoms with Crippen molar-refractivity contribution in [2.45, 2.75) is 58.9 Å². The zero-order valence-electron chi connectivity index (χ0n) is 18.7. The second-order valence-corrected chi connectivity index (χ2v) is 7.34. The molecule has 1 N–H and O–H groups in total. The Morgan fingerprint density at radius 1 is 1.06 bits per heavy atom. The number of hydrogen-bond acceptors (Lipinski definition) is 5. The third-order valence-electron chi connectivity index (χ3n) is 5.07. The van der Waals surface area contributed by atoms with Crippen LogP contribution in [-0.2, 0) is 20.8 Å². The SMILES string of the molecule is CCCCC(C=O)N(C(=O)O)N(Cc1ccc2ccccc2c1)CC(OCC)OCC. The Kier molecular flexibility index (Phi) is 10.4. The van der Waals surface area contributed by atoms with Crippen LogP contribution in [0.15, 0.2) is 42.5 Å². The van der Waals surface area contributed by atoms with Crippen LogP contribution in [0, 0.1) is 0 Å². The topological polar surface area (TPSA) is 79.3 Å². The summed E-state index contributed by atoms with van der Waals surface area (Å²) in [4.78, 5) is 24.1. The van der Waals surface area contributed by atoms with Crippen LogP contribution in [0.25, 0.3) is 10.8 Å². The quantitative estimate of drug-likeness (QED) is 0.266. The van der Waals surface area contributed by atoms with Crippen molar-refractivity contribution < 1.29 is 24.2 Å². The predicted molar refractivity (Wildman–Crippen MR) is 121 cm³/mol. The molecule has 0 bridgehead atoms. The summed E-state index contributed by atoms with van der Waals surface area (Å²) in [5.41, 5.74) is 0.942. The molecule has 0 aliphatic rings. The molecule has 2 rings (SSSR count). The van der Waals surface area contributed by atoms with E-state index in [-0.39, 0.29) is 6.54 Å². The van der Waals surface area contributed by atoms with Gasteiger partial charge in [-0.25, -0.2) is 14.8 Å². The first kappa shape index (κ1) is 24.8. The van der Waals surface area contributed by atoms with Crippen molar-refractivity contribution in [2.75, 3.05) is 19.8 Å². The number of ether oxygens (including phenoxy) is 2. The van der Waals surface area contributed by atoms with Gasteiger partial charge in [-0.2, -0.15) is 0 Å². The number of carbonyl (C=O) groups is 2. The summed E-state index contributed by atoms with van der Waals surface area (Å²) < 4.78 is 11.3. The number of carboxylic acid groups (broad SMARTS) is 1. The Morgan fingerprint density at radius 2 is 1.74 bits per heavy atom. The number of carbonyl (C=O) groups excluding carboxylic acids is 1. The van der Waals surface area contributed by atoms with E-state index in [9.17, 15) is 14.7 Å². The normalized spacial score (nSPS) is 12.4. The lowest BCUT2D eigenvalue weighted by atomic mass is 10.1. The average molecular weight is 431 g/mol. The van der Waals surface area contributed by atoms with Gasteiger partial charge in [0.15, 0.2) is 6.29 Å². The number of nitrogens with zero attached hydrogens (tertiary/aromatic N) is 2. The highest BCUT2D eigenvalue weighted by atomic mass is 16.7. The number of aldehydes is 1. The van der Waals surface area contributed by atoms with Crippen molar-refractivity contribution >= 4 is 23.2 Å². The first-order valence-electron chi connectivity index (χ1n) is 11.0. The van der Waals surface area contributed by atoms with Gasteiger partial charge in [-0.3, -0.25) is 0 Å². The third-order valence-corrected chi connectivity index (χ3v) is 5.07. The van der Waals surface area contributed by atoms with Crippen molar-refractivity contribution in [1.29, 1.82) is 0 Å². The van der Waals surface area contributed by atoms with Crippen molar-refractivity contribution in [3.05, 3.63) is 48.0 Å². The molecule has 0 aromatic heterocycles. The van der Waals surface area contributed by atoms with E-state index in [2.05, 4.69) is 0 Å². The van der Waals surface area contributed by atoms with E-state index in [1.165, 1.54) is 0 Å². The van der Waals surface area contributed by atoms with Crippen LogP contribution in [0.3, 0.4) is 0 Å². The number of unbranched alkanes of at least 4 members (excludes halogenated alkanes) is 1. The van der Waals surface area contributed by atoms with E-state index in [0.29, 0.717) is 32.5 Å². The fourth-order valence-electron chi connectivity index (χ4n) is 3.61. The van der Waals surface area contributed by atoms with Crippen molar-refractivity contribution in [3.8, 4) is 0 Å². The molecule has 0 fully saturated rings. The molecule has 7 heteroatoms. The van der Waals surface area contributed by atoms with Gasteiger partial charge < -0.3 is 19.4 Å². The molecule has 0 saturated heterocycles. The first-order chi connectivity index (χ1) is 15.0. The molecule has 2 aromatic carbocycles. The fourth-order valence-corrected chi connectivity index (χ4v) is 3.61. The van der Waals surface area contributed by atoms with Gasteiger partial charge in [0.05, 0.1) is 6.54 Å². The highest BCUT2D eigenvalue weighted by Crippen LogP contribution is 2.20. The predicted octanol–water partition coefficient (Wildman–Crippen LogP) is 4.69. The number of rotatable bonds is 14. The fraction of sp³-hybridized carbons (Fsp3) is 0.500. The summed E-state index contributed by atoms with van der Waals surface area (Å²) in [5, 5.41) is 15.0. The van der Waals surface area contributed by atoms with Gasteiger partial charge in [-0.1, -0.05) is 56.2 Å². The van der Waals surface area contributed by atoms with Crippen molar-refractivity contribution in [1.82, 2.24) is 10.0 Å². The van der Waals surface area contributed by atoms with Crippen molar-refractivity contribution in [3.63, 3.8) is 0 Å². The van der Waals surface area contributed by atoms with E-state index in [1.54, 1.807) is 5.01 Å². The van der Waals surface area contributed by atoms with Gasteiger partial charge >= 0.3 is 6.09 Å². The second kappa shape index (κ2) is 13.0. The zero-order chi connectivity index (χ0) is 22.6. The highest BCUT2D eigenvalue weighted by molar-refractivity contribution is 5.83. The molecule has 7 nitrogen and oxygen atoms in total. The van der Waals surface area contributed by atoms with Gasteiger partial charge in [0.25, 0.3) is 0 Å². The van der Waals surface area contributed by atoms with E-state index in [4.69, 9.17) is 9.47 Å². The molecule has 0 radical (unpaired) electrons. The standard InChI is InChI=1S/C24H34N2O5/c1-4-7-12-22(18-27)26(24(28)29)25(17-23(30-5-2)31-6-3)16-19-13-14-20-10-8-9-11-21(20)15-19/h8-11,13-15,18,22-23H,4-7,12,16-17H2,1-3H3,(H,28,29). The average Bonchev–Trinajstić information content (AvgIpc) is 2.76. The van der Waals surface area contributed by atoms with Crippen LogP contribution < -0.4 is 0 Å². The van der Waals surface area contributed by atoms with Crippen LogP contribution in [0.1, 0.15) is 45.6 Å². The van der Waals surface area contributed by atoms with Crippen LogP contribution in [0.4, 0.5) is 4.79 Å². The molecule has 0 heterocycles. The summed E-state index contributed by atoms with van der Waals surface area (Å²) in [6, 6.07) is 13.3. The van der Waals surface area contributed by atoms with Gasteiger partial charge in [0.2, 0.25) is 0 Å². The van der Waals surface area contributed by atoms with Crippen LogP contribution in [0.2, 0.25) is 0 Å². The summed E-state index contributed by atoms with van der Waals surface area (Å²) in [7, 11) is 0. The summed E-state index contributed by atoms with van der Waals surface area (Å²) >= 11 is 0. The number of benzene rings is 2. The van der Waals surface area contributed by atoms with E-state index in [1.807, 2.05) is 63.2 Å². The Labute approximate surface area is 184 Å². The molecule has 0 aliphatic heterocycles. The summed E-state index contributed by atoms with van der Waals surface area (Å²) in [6.45, 7) is 7.12. The monoisotopic (exact) mass is 430 g/mol. The molecule has 31 heavy (non-hydrogen) atoms. The van der Waals surface area contributed by atoms with Gasteiger partial charge in [-0.15, -0.1) is 0 Å². The lowest BCUT2D eigenvalue weighted by Crippen LogP contribution is -2.54. The molecule has 1 unspecified atom stereocenters. The number of fused-ring (bicyclic) bond motifs is 1. The van der Waals surface area contributed by atoms with Gasteiger partial charge in [0, 0.05) is 19.8 Å². The van der Waals surface area contributed by atoms with Crippen LogP contribution in [-0.4, -0.2) is 59.6 Å². The maximum absolute atomic E-state index is 12.2. The Morgan fingerprint density at radius 3 is 2.32 bits per heavy atom. The van der Waals surface area contributed by atoms with Crippen molar-refractivity contribution in [2.24, 2.45) is 0 Å². The Bertz CT molecular complexity index is 822. The zero-order valence-corrected chi connectivity index (χ0v) is 18.7. The Balaban J connectivity index is 2.37. The molecular weight excluding hydrogens is 396 g/mol. The lowest BCUT2D eigenvalue weighted by molar-refractivity contribution is -0.176. The maximum Gasteiger partial charge on any atom is 0.422 e. The summed E-state index contributed by atoms with van der Waals surface area (Å²) in [5.74, 6) is 0. The largest absolute Gasteiger partial charge is 0.464 e. The first-order valence-corrected chi connectivity index (χ1v) is 11.0. The molecule has 2 aromatic rings. The van der Waals surface area contributed by atoms with Crippen LogP contribution in [0.5, 0.6) is 0 Å². The van der Waals surface area contributed by atoms with E-state index in [0.717, 1.165) is 34.2 Å². The highest BCUT2D eigenvalue weighted by Gasteiger charge is 2.31. The lowest BCUT2D eigenvalue weighted by Gasteiger charge is -2.38. The third kappa shape index (κ3) is 7.31. The maximum atomic E-state index is 12.2. The molecule has 0 saturated carbocycles. The molecule has 170 valence electrons. The number of amides is 1. The van der Waals surface area contributed by atoms with Gasteiger partial charge in [0.1, 0.15) is 12.3 Å². The second-order valence-electron chi connectivity index (χ2n) is 7.34. The minimum atomic E-state index is -1.17. The minimum absolute atomic E-state index is 0.192. The smallest absolute Gasteiger partial charge is 0.422 e. The minimum Gasteiger partial charge on any atom is -0.464 e. The Hall–Kier alpha value is -2.48.